The van der Waals surface area contributed by atoms with E-state index in [1.54, 1.807) is 18.3 Å². The number of likely N-dealkylation sites (tertiary alicyclic amines) is 2. The van der Waals surface area contributed by atoms with Crippen LogP contribution in [0.3, 0.4) is 0 Å². The van der Waals surface area contributed by atoms with Gasteiger partial charge in [0.2, 0.25) is 5.91 Å². The zero-order chi connectivity index (χ0) is 23.4. The van der Waals surface area contributed by atoms with E-state index in [1.807, 2.05) is 17.0 Å². The topological polar surface area (TPSA) is 118 Å². The highest BCUT2D eigenvalue weighted by molar-refractivity contribution is 9.10. The summed E-state index contributed by atoms with van der Waals surface area (Å²) in [6.07, 6.45) is 5.02. The van der Waals surface area contributed by atoms with Crippen molar-refractivity contribution in [2.45, 2.75) is 38.3 Å². The molecule has 0 unspecified atom stereocenters. The molecule has 3 N–H and O–H groups in total. The summed E-state index contributed by atoms with van der Waals surface area (Å²) in [5.41, 5.74) is 7.50. The predicted molar refractivity (Wildman–Crippen MR) is 131 cm³/mol. The Morgan fingerprint density at radius 1 is 1.15 bits per heavy atom. The minimum Gasteiger partial charge on any atom is -0.384 e. The Hall–Kier alpha value is -2.72. The van der Waals surface area contributed by atoms with Crippen LogP contribution < -0.4 is 11.1 Å². The molecule has 0 aliphatic carbocycles. The van der Waals surface area contributed by atoms with E-state index in [9.17, 15) is 14.9 Å². The number of hydrogen-bond acceptors (Lipinski definition) is 7. The van der Waals surface area contributed by atoms with E-state index in [2.05, 4.69) is 31.1 Å². The number of nitrogens with one attached hydrogen (secondary N) is 1. The molecule has 176 valence electrons. The van der Waals surface area contributed by atoms with Crippen LogP contribution in [0.15, 0.2) is 41.0 Å². The maximum absolute atomic E-state index is 13.1. The van der Waals surface area contributed by atoms with Gasteiger partial charge >= 0.3 is 0 Å². The number of piperidine rings is 2. The molecule has 2 saturated heterocycles. The molecule has 1 amide bonds. The van der Waals surface area contributed by atoms with Crippen LogP contribution in [0.1, 0.15) is 31.2 Å². The number of nitrogen functional groups attached to an aromatic ring is 1. The fraction of sp³-hybridized carbons (Fsp3) is 0.478. The SMILES string of the molecule is Nc1cc(CN2CCC(C(=O)N3CCC(Nc4ccc(Br)cc4[N+](=O)[O-])CC3)CC2)ccn1. The number of amides is 1. The van der Waals surface area contributed by atoms with Gasteiger partial charge in [-0.1, -0.05) is 15.9 Å². The molecular weight excluding hydrogens is 488 g/mol. The average Bonchev–Trinajstić information content (AvgIpc) is 2.81. The number of nitrogens with two attached hydrogens (primary N) is 1. The molecule has 2 aromatic rings. The van der Waals surface area contributed by atoms with Crippen LogP contribution in [0.25, 0.3) is 0 Å². The molecule has 4 rings (SSSR count). The summed E-state index contributed by atoms with van der Waals surface area (Å²) in [6, 6.07) is 9.03. The lowest BCUT2D eigenvalue weighted by Crippen LogP contribution is -2.47. The molecule has 1 aromatic carbocycles. The molecule has 0 atom stereocenters. The van der Waals surface area contributed by atoms with E-state index < -0.39 is 0 Å². The molecule has 0 bridgehead atoms. The van der Waals surface area contributed by atoms with E-state index in [1.165, 1.54) is 6.07 Å². The monoisotopic (exact) mass is 516 g/mol. The molecule has 0 radical (unpaired) electrons. The highest BCUT2D eigenvalue weighted by atomic mass is 79.9. The molecule has 2 aliphatic rings. The Labute approximate surface area is 201 Å². The summed E-state index contributed by atoms with van der Waals surface area (Å²) >= 11 is 3.29. The van der Waals surface area contributed by atoms with Crippen LogP contribution in [0.2, 0.25) is 0 Å². The number of nitro benzene ring substituents is 1. The largest absolute Gasteiger partial charge is 0.384 e. The molecular formula is C23H29BrN6O3. The summed E-state index contributed by atoms with van der Waals surface area (Å²) in [5, 5.41) is 14.7. The van der Waals surface area contributed by atoms with Crippen molar-refractivity contribution in [2.75, 3.05) is 37.2 Å². The number of anilines is 2. The Kier molecular flexibility index (Phi) is 7.44. The standard InChI is InChI=1S/C23H29BrN6O3/c24-18-1-2-20(21(14-18)30(32)33)27-19-6-11-29(12-7-19)23(31)17-4-9-28(10-5-17)15-16-3-8-26-22(25)13-16/h1-3,8,13-14,17,19,27H,4-7,9-12,15H2,(H2,25,26). The van der Waals surface area contributed by atoms with Crippen LogP contribution >= 0.6 is 15.9 Å². The second-order valence-corrected chi connectivity index (χ2v) is 9.72. The molecule has 33 heavy (non-hydrogen) atoms. The summed E-state index contributed by atoms with van der Waals surface area (Å²) in [4.78, 5) is 32.4. The lowest BCUT2D eigenvalue weighted by molar-refractivity contribution is -0.384. The van der Waals surface area contributed by atoms with Gasteiger partial charge in [0, 0.05) is 48.3 Å². The molecule has 2 fully saturated rings. The number of rotatable bonds is 6. The highest BCUT2D eigenvalue weighted by Crippen LogP contribution is 2.30. The first kappa shape index (κ1) is 23.4. The van der Waals surface area contributed by atoms with Crippen molar-refractivity contribution < 1.29 is 9.72 Å². The van der Waals surface area contributed by atoms with Gasteiger partial charge in [0.1, 0.15) is 11.5 Å². The van der Waals surface area contributed by atoms with Crippen molar-refractivity contribution in [3.63, 3.8) is 0 Å². The first-order valence-electron chi connectivity index (χ1n) is 11.3. The van der Waals surface area contributed by atoms with Gasteiger partial charge in [-0.3, -0.25) is 19.8 Å². The number of aromatic nitrogens is 1. The molecule has 0 spiro atoms. The zero-order valence-corrected chi connectivity index (χ0v) is 20.0. The third kappa shape index (κ3) is 6.00. The van der Waals surface area contributed by atoms with E-state index in [4.69, 9.17) is 5.73 Å². The van der Waals surface area contributed by atoms with Gasteiger partial charge in [0.25, 0.3) is 5.69 Å². The third-order valence-corrected chi connectivity index (χ3v) is 7.00. The van der Waals surface area contributed by atoms with Crippen molar-refractivity contribution >= 4 is 39.0 Å². The van der Waals surface area contributed by atoms with E-state index in [0.29, 0.717) is 29.1 Å². The van der Waals surface area contributed by atoms with Gasteiger partial charge in [0.15, 0.2) is 0 Å². The quantitative estimate of drug-likeness (QED) is 0.444. The zero-order valence-electron chi connectivity index (χ0n) is 18.5. The molecule has 10 heteroatoms. The minimum absolute atomic E-state index is 0.0593. The third-order valence-electron chi connectivity index (χ3n) is 6.51. The Morgan fingerprint density at radius 2 is 1.88 bits per heavy atom. The fourth-order valence-electron chi connectivity index (χ4n) is 4.69. The number of benzene rings is 1. The van der Waals surface area contributed by atoms with Gasteiger partial charge in [0.05, 0.1) is 4.92 Å². The van der Waals surface area contributed by atoms with Crippen LogP contribution in [0, 0.1) is 16.0 Å². The molecule has 9 nitrogen and oxygen atoms in total. The summed E-state index contributed by atoms with van der Waals surface area (Å²) in [7, 11) is 0. The number of nitro groups is 1. The lowest BCUT2D eigenvalue weighted by Gasteiger charge is -2.37. The maximum Gasteiger partial charge on any atom is 0.293 e. The number of hydrogen-bond donors (Lipinski definition) is 2. The van der Waals surface area contributed by atoms with Gasteiger partial charge in [-0.25, -0.2) is 4.98 Å². The maximum atomic E-state index is 13.1. The molecule has 1 aromatic heterocycles. The van der Waals surface area contributed by atoms with Gasteiger partial charge in [-0.15, -0.1) is 0 Å². The van der Waals surface area contributed by atoms with Gasteiger partial charge in [-0.2, -0.15) is 0 Å². The van der Waals surface area contributed by atoms with E-state index >= 15 is 0 Å². The predicted octanol–water partition coefficient (Wildman–Crippen LogP) is 3.65. The molecule has 3 heterocycles. The Bertz CT molecular complexity index is 1000. The molecule has 2 aliphatic heterocycles. The first-order chi connectivity index (χ1) is 15.9. The smallest absolute Gasteiger partial charge is 0.293 e. The second kappa shape index (κ2) is 10.5. The van der Waals surface area contributed by atoms with Crippen LogP contribution in [0.4, 0.5) is 17.2 Å². The number of pyridine rings is 1. The Balaban J connectivity index is 1.24. The average molecular weight is 517 g/mol. The summed E-state index contributed by atoms with van der Waals surface area (Å²) < 4.78 is 0.677. The minimum atomic E-state index is -0.373. The second-order valence-electron chi connectivity index (χ2n) is 8.80. The number of carbonyl (C=O) groups excluding carboxylic acids is 1. The van der Waals surface area contributed by atoms with Gasteiger partial charge in [-0.05, 0) is 68.6 Å². The van der Waals surface area contributed by atoms with Crippen molar-refractivity contribution in [3.05, 3.63) is 56.7 Å². The van der Waals surface area contributed by atoms with Crippen molar-refractivity contribution in [1.29, 1.82) is 0 Å². The molecule has 0 saturated carbocycles. The van der Waals surface area contributed by atoms with Crippen molar-refractivity contribution in [2.24, 2.45) is 5.92 Å². The number of nitrogens with zero attached hydrogens (tertiary/aromatic N) is 4. The van der Waals surface area contributed by atoms with Crippen molar-refractivity contribution in [1.82, 2.24) is 14.8 Å². The van der Waals surface area contributed by atoms with Crippen molar-refractivity contribution in [3.8, 4) is 0 Å². The van der Waals surface area contributed by atoms with Gasteiger partial charge < -0.3 is 16.0 Å². The fourth-order valence-corrected chi connectivity index (χ4v) is 5.04. The number of carbonyl (C=O) groups is 1. The number of halogens is 1. The van der Waals surface area contributed by atoms with E-state index in [-0.39, 0.29) is 28.5 Å². The van der Waals surface area contributed by atoms with Crippen LogP contribution in [-0.4, -0.2) is 57.8 Å². The summed E-state index contributed by atoms with van der Waals surface area (Å²) in [6.45, 7) is 3.97. The summed E-state index contributed by atoms with van der Waals surface area (Å²) in [5.74, 6) is 0.849. The van der Waals surface area contributed by atoms with E-state index in [0.717, 1.165) is 50.9 Å². The lowest BCUT2D eigenvalue weighted by atomic mass is 9.93. The Morgan fingerprint density at radius 3 is 2.55 bits per heavy atom. The first-order valence-corrected chi connectivity index (χ1v) is 12.1. The van der Waals surface area contributed by atoms with Crippen LogP contribution in [0.5, 0.6) is 0 Å². The normalized spacial score (nSPS) is 18.3. The highest BCUT2D eigenvalue weighted by Gasteiger charge is 2.31. The van der Waals surface area contributed by atoms with Crippen LogP contribution in [-0.2, 0) is 11.3 Å².